The monoisotopic (exact) mass is 678 g/mol. The van der Waals surface area contributed by atoms with E-state index in [1.165, 1.54) is 4.90 Å². The van der Waals surface area contributed by atoms with E-state index in [1.54, 1.807) is 48.5 Å². The lowest BCUT2D eigenvalue weighted by molar-refractivity contribution is -0.183. The zero-order valence-corrected chi connectivity index (χ0v) is 26.2. The van der Waals surface area contributed by atoms with Crippen molar-refractivity contribution in [2.45, 2.75) is 61.6 Å². The van der Waals surface area contributed by atoms with Crippen LogP contribution in [0, 0.1) is 17.6 Å². The summed E-state index contributed by atoms with van der Waals surface area (Å²) in [5.41, 5.74) is 0.450. The summed E-state index contributed by atoms with van der Waals surface area (Å²) >= 11 is 12.6. The summed E-state index contributed by atoms with van der Waals surface area (Å²) in [6, 6.07) is 14.9. The molecule has 0 spiro atoms. The number of halogens is 4. The first-order chi connectivity index (χ1) is 21.5. The molecule has 1 N–H and O–H groups in total. The van der Waals surface area contributed by atoms with Gasteiger partial charge in [0.1, 0.15) is 17.9 Å². The van der Waals surface area contributed by atoms with Crippen molar-refractivity contribution < 1.29 is 36.6 Å². The molecule has 0 radical (unpaired) electrons. The highest BCUT2D eigenvalue weighted by Crippen LogP contribution is 2.49. The second-order valence-electron chi connectivity index (χ2n) is 11.7. The normalized spacial score (nSPS) is 22.7. The predicted molar refractivity (Wildman–Crippen MR) is 165 cm³/mol. The number of para-hydroxylation sites is 1. The summed E-state index contributed by atoms with van der Waals surface area (Å²) < 4.78 is 65.2. The van der Waals surface area contributed by atoms with Crippen molar-refractivity contribution in [3.8, 4) is 0 Å². The Morgan fingerprint density at radius 3 is 2.18 bits per heavy atom. The molecule has 1 unspecified atom stereocenters. The SMILES string of the molecule is O=C(O)C[C@H]1O[C@H](c2cccc(Cl)c2)C(c2ccc(Cl)cc2)N([C@H](CN(c2c(F)cccc2F)S(=O)(=O)C2CC2)C2CC2)C1=O. The number of amides is 1. The smallest absolute Gasteiger partial charge is 0.306 e. The molecule has 1 saturated heterocycles. The second-order valence-corrected chi connectivity index (χ2v) is 14.7. The largest absolute Gasteiger partial charge is 0.481 e. The Morgan fingerprint density at radius 1 is 0.956 bits per heavy atom. The molecule has 45 heavy (non-hydrogen) atoms. The quantitative estimate of drug-likeness (QED) is 0.247. The number of benzene rings is 3. The van der Waals surface area contributed by atoms with Gasteiger partial charge in [0.05, 0.1) is 30.3 Å². The molecule has 0 aromatic heterocycles. The van der Waals surface area contributed by atoms with Crippen LogP contribution in [0.15, 0.2) is 66.7 Å². The number of rotatable bonds is 11. The number of aliphatic carboxylic acids is 1. The van der Waals surface area contributed by atoms with E-state index < -0.39 is 81.7 Å². The molecule has 2 aliphatic carbocycles. The van der Waals surface area contributed by atoms with Crippen molar-refractivity contribution in [3.05, 3.63) is 99.5 Å². The van der Waals surface area contributed by atoms with Crippen molar-refractivity contribution >= 4 is 50.8 Å². The molecule has 3 aromatic carbocycles. The van der Waals surface area contributed by atoms with E-state index in [1.807, 2.05) is 0 Å². The number of morpholine rings is 1. The minimum absolute atomic E-state index is 0.223. The van der Waals surface area contributed by atoms with Gasteiger partial charge in [0, 0.05) is 10.0 Å². The molecular formula is C32H30Cl2F2N2O6S. The molecular weight excluding hydrogens is 649 g/mol. The second kappa shape index (κ2) is 12.5. The molecule has 0 bridgehead atoms. The predicted octanol–water partition coefficient (Wildman–Crippen LogP) is 6.53. The Balaban J connectivity index is 1.52. The Bertz CT molecular complexity index is 1700. The summed E-state index contributed by atoms with van der Waals surface area (Å²) in [5.74, 6) is -4.24. The van der Waals surface area contributed by atoms with Crippen LogP contribution in [0.1, 0.15) is 55.4 Å². The van der Waals surface area contributed by atoms with Crippen LogP contribution in [0.5, 0.6) is 0 Å². The molecule has 3 fully saturated rings. The number of carbonyl (C=O) groups is 2. The Labute approximate surface area is 269 Å². The Hall–Kier alpha value is -3.25. The average Bonchev–Trinajstić information content (AvgIpc) is 3.90. The lowest BCUT2D eigenvalue weighted by Crippen LogP contribution is -2.59. The van der Waals surface area contributed by atoms with E-state index in [-0.39, 0.29) is 5.92 Å². The fraction of sp³-hybridized carbons (Fsp3) is 0.375. The van der Waals surface area contributed by atoms with Gasteiger partial charge in [0.15, 0.2) is 11.6 Å². The number of carboxylic acids is 1. The van der Waals surface area contributed by atoms with Crippen LogP contribution in [-0.2, 0) is 24.3 Å². The first-order valence-electron chi connectivity index (χ1n) is 14.6. The fourth-order valence-corrected chi connectivity index (χ4v) is 8.28. The third-order valence-corrected chi connectivity index (χ3v) is 11.2. The lowest BCUT2D eigenvalue weighted by Gasteiger charge is -2.49. The van der Waals surface area contributed by atoms with Crippen LogP contribution < -0.4 is 4.31 Å². The van der Waals surface area contributed by atoms with Crippen LogP contribution in [0.4, 0.5) is 14.5 Å². The van der Waals surface area contributed by atoms with Crippen LogP contribution >= 0.6 is 23.2 Å². The van der Waals surface area contributed by atoms with Crippen molar-refractivity contribution in [2.75, 3.05) is 10.8 Å². The molecule has 3 aromatic rings. The first-order valence-corrected chi connectivity index (χ1v) is 16.9. The number of nitrogens with zero attached hydrogens (tertiary/aromatic N) is 2. The van der Waals surface area contributed by atoms with Gasteiger partial charge < -0.3 is 14.7 Å². The van der Waals surface area contributed by atoms with Crippen molar-refractivity contribution in [2.24, 2.45) is 5.92 Å². The van der Waals surface area contributed by atoms with Crippen LogP contribution in [0.25, 0.3) is 0 Å². The number of carbonyl (C=O) groups excluding carboxylic acids is 1. The zero-order valence-electron chi connectivity index (χ0n) is 23.9. The van der Waals surface area contributed by atoms with E-state index in [0.717, 1.165) is 22.5 Å². The van der Waals surface area contributed by atoms with E-state index >= 15 is 8.78 Å². The van der Waals surface area contributed by atoms with Gasteiger partial charge in [-0.1, -0.05) is 53.5 Å². The molecule has 8 nitrogen and oxygen atoms in total. The van der Waals surface area contributed by atoms with Crippen molar-refractivity contribution in [3.63, 3.8) is 0 Å². The maximum absolute atomic E-state index is 15.3. The maximum atomic E-state index is 15.3. The third-order valence-electron chi connectivity index (χ3n) is 8.49. The van der Waals surface area contributed by atoms with E-state index in [0.29, 0.717) is 46.9 Å². The molecule has 13 heteroatoms. The number of carboxylic acid groups (broad SMARTS) is 1. The van der Waals surface area contributed by atoms with Gasteiger partial charge in [0.25, 0.3) is 5.91 Å². The average molecular weight is 680 g/mol. The van der Waals surface area contributed by atoms with Crippen LogP contribution in [0.2, 0.25) is 10.0 Å². The van der Waals surface area contributed by atoms with Crippen LogP contribution in [-0.4, -0.2) is 54.2 Å². The fourth-order valence-electron chi connectivity index (χ4n) is 6.07. The minimum Gasteiger partial charge on any atom is -0.481 e. The first kappa shape index (κ1) is 31.7. The number of hydrogen-bond acceptors (Lipinski definition) is 5. The summed E-state index contributed by atoms with van der Waals surface area (Å²) in [6.07, 6.45) is -1.03. The van der Waals surface area contributed by atoms with E-state index in [9.17, 15) is 23.1 Å². The zero-order chi connectivity index (χ0) is 32.0. The highest BCUT2D eigenvalue weighted by Gasteiger charge is 2.52. The molecule has 1 heterocycles. The van der Waals surface area contributed by atoms with Crippen LogP contribution in [0.3, 0.4) is 0 Å². The number of anilines is 1. The summed E-state index contributed by atoms with van der Waals surface area (Å²) in [7, 11) is -4.22. The third kappa shape index (κ3) is 6.54. The van der Waals surface area contributed by atoms with Gasteiger partial charge in [0.2, 0.25) is 10.0 Å². The number of ether oxygens (including phenoxy) is 1. The van der Waals surface area contributed by atoms with Gasteiger partial charge >= 0.3 is 5.97 Å². The minimum atomic E-state index is -4.22. The van der Waals surface area contributed by atoms with Crippen molar-refractivity contribution in [1.82, 2.24) is 4.90 Å². The summed E-state index contributed by atoms with van der Waals surface area (Å²) in [6.45, 7) is -0.431. The highest BCUT2D eigenvalue weighted by molar-refractivity contribution is 7.93. The molecule has 2 saturated carbocycles. The van der Waals surface area contributed by atoms with Gasteiger partial charge in [-0.2, -0.15) is 0 Å². The number of hydrogen-bond donors (Lipinski definition) is 1. The van der Waals surface area contributed by atoms with Gasteiger partial charge in [-0.3, -0.25) is 13.9 Å². The lowest BCUT2D eigenvalue weighted by atomic mass is 9.89. The summed E-state index contributed by atoms with van der Waals surface area (Å²) in [4.78, 5) is 27.7. The molecule has 238 valence electrons. The van der Waals surface area contributed by atoms with E-state index in [2.05, 4.69) is 0 Å². The Morgan fingerprint density at radius 2 is 1.60 bits per heavy atom. The standard InChI is InChI=1S/C32H30Cl2F2N2O6S/c33-21-11-9-19(10-12-21)29-31(20-3-1-4-22(34)15-20)44-27(16-28(39)40)32(41)38(29)26(18-7-8-18)17-37(45(42,43)23-13-14-23)30-24(35)5-2-6-25(30)36/h1-6,9-12,15,18,23,26-27,29,31H,7-8,13-14,16-17H2,(H,39,40)/t26-,27-,29?,31-/m1/s1. The van der Waals surface area contributed by atoms with Crippen molar-refractivity contribution in [1.29, 1.82) is 0 Å². The Kier molecular flexibility index (Phi) is 8.82. The summed E-state index contributed by atoms with van der Waals surface area (Å²) in [5, 5.41) is 9.74. The maximum Gasteiger partial charge on any atom is 0.306 e. The molecule has 1 aliphatic heterocycles. The van der Waals surface area contributed by atoms with Gasteiger partial charge in [-0.05, 0) is 79.1 Å². The topological polar surface area (TPSA) is 104 Å². The van der Waals surface area contributed by atoms with E-state index in [4.69, 9.17) is 27.9 Å². The van der Waals surface area contributed by atoms with Gasteiger partial charge in [-0.25, -0.2) is 17.2 Å². The number of sulfonamides is 1. The molecule has 6 rings (SSSR count). The highest BCUT2D eigenvalue weighted by atomic mass is 35.5. The molecule has 1 amide bonds. The molecule has 3 aliphatic rings. The van der Waals surface area contributed by atoms with Gasteiger partial charge in [-0.15, -0.1) is 0 Å². The molecule has 4 atom stereocenters.